The molecular weight excluding hydrogens is 970 g/mol. The largest absolute Gasteiger partial charge is 0.403 e. The summed E-state index contributed by atoms with van der Waals surface area (Å²) in [6, 6.07) is 28.0. The van der Waals surface area contributed by atoms with E-state index in [1.54, 1.807) is 12.1 Å². The minimum absolute atomic E-state index is 0.0136. The number of nitrogens with two attached hydrogens (primary N) is 2. The maximum absolute atomic E-state index is 12.9. The average Bonchev–Trinajstić information content (AvgIpc) is 4.14. The number of fused-ring (bicyclic) bond motifs is 3. The van der Waals surface area contributed by atoms with E-state index in [-0.39, 0.29) is 35.8 Å². The van der Waals surface area contributed by atoms with Gasteiger partial charge in [-0.05, 0) is 142 Å². The Morgan fingerprint density at radius 2 is 1.09 bits per heavy atom. The molecule has 0 saturated heterocycles. The van der Waals surface area contributed by atoms with Crippen molar-refractivity contribution < 1.29 is 27.2 Å². The van der Waals surface area contributed by atoms with Crippen molar-refractivity contribution in [2.45, 2.75) is 20.8 Å². The second-order valence-electron chi connectivity index (χ2n) is 14.2. The average molecular weight is 1010 g/mol. The van der Waals surface area contributed by atoms with E-state index >= 15 is 0 Å². The lowest BCUT2D eigenvalue weighted by Gasteiger charge is -2.07. The lowest BCUT2D eigenvalue weighted by Crippen LogP contribution is -2.33. The van der Waals surface area contributed by atoms with Crippen LogP contribution >= 0.6 is 46.2 Å². The van der Waals surface area contributed by atoms with Gasteiger partial charge in [0.15, 0.2) is 26.3 Å². The first-order valence-electron chi connectivity index (χ1n) is 20.1. The van der Waals surface area contributed by atoms with E-state index in [2.05, 4.69) is 56.1 Å². The number of aryl methyl sites for hydroxylation is 3. The van der Waals surface area contributed by atoms with Gasteiger partial charge >= 0.3 is 6.01 Å². The molecule has 0 atom stereocenters. The van der Waals surface area contributed by atoms with Gasteiger partial charge in [0.1, 0.15) is 48.5 Å². The second-order valence-corrected chi connectivity index (χ2v) is 17.6. The summed E-state index contributed by atoms with van der Waals surface area (Å²) in [7, 11) is 0. The molecule has 0 bridgehead atoms. The van der Waals surface area contributed by atoms with Crippen LogP contribution in [0.3, 0.4) is 0 Å². The number of ketones is 1. The molecule has 3 aromatic carbocycles. The van der Waals surface area contributed by atoms with E-state index in [0.29, 0.717) is 43.1 Å². The Balaban J connectivity index is 0.000000144. The molecule has 0 aliphatic carbocycles. The SMILES string of the molecule is Cc1ccc2nc(N)sc2n1.Cc1ccc2nc(NC(=S)NCC(=O)c3ccc(F)cc3)sc2n1.Cc1ccc2nc(Nc3nnc(-c4ccc(F)cc4)o3)sc2n1.NNC(=O)c1ccc(F)cc1. The first-order chi connectivity index (χ1) is 33.2. The van der Waals surface area contributed by atoms with Gasteiger partial charge < -0.3 is 20.8 Å². The summed E-state index contributed by atoms with van der Waals surface area (Å²) in [6.07, 6.45) is 0. The number of carbonyl (C=O) groups excluding carboxylic acids is 2. The number of carbonyl (C=O) groups is 2. The number of thiocarbonyl (C=S) groups is 1. The highest BCUT2D eigenvalue weighted by molar-refractivity contribution is 7.80. The van der Waals surface area contributed by atoms with Crippen LogP contribution in [-0.2, 0) is 0 Å². The van der Waals surface area contributed by atoms with Gasteiger partial charge in [-0.15, -0.1) is 5.10 Å². The molecule has 7 aromatic heterocycles. The van der Waals surface area contributed by atoms with E-state index in [9.17, 15) is 22.8 Å². The van der Waals surface area contributed by atoms with Gasteiger partial charge in [-0.3, -0.25) is 20.3 Å². The molecule has 0 saturated carbocycles. The van der Waals surface area contributed by atoms with E-state index in [4.69, 9.17) is 28.2 Å². The third-order valence-corrected chi connectivity index (χ3v) is 11.8. The molecule has 17 nitrogen and oxygen atoms in total. The molecule has 7 heterocycles. The van der Waals surface area contributed by atoms with Gasteiger partial charge in [-0.1, -0.05) is 39.1 Å². The Morgan fingerprint density at radius 1 is 0.609 bits per heavy atom. The molecule has 10 rings (SSSR count). The van der Waals surface area contributed by atoms with E-state index in [1.165, 1.54) is 94.7 Å². The minimum Gasteiger partial charge on any atom is -0.403 e. The molecule has 24 heteroatoms. The van der Waals surface area contributed by atoms with Crippen LogP contribution < -0.4 is 33.0 Å². The van der Waals surface area contributed by atoms with Crippen LogP contribution in [0.2, 0.25) is 0 Å². The fourth-order valence-corrected chi connectivity index (χ4v) is 8.40. The monoisotopic (exact) mass is 1010 g/mol. The molecular formula is C45H37F3N14O3S4. The van der Waals surface area contributed by atoms with Crippen molar-refractivity contribution in [2.75, 3.05) is 22.9 Å². The van der Waals surface area contributed by atoms with Crippen molar-refractivity contribution in [1.82, 2.24) is 50.8 Å². The molecule has 1 amide bonds. The molecule has 0 aliphatic heterocycles. The summed E-state index contributed by atoms with van der Waals surface area (Å²) in [5.41, 5.74) is 14.2. The third-order valence-electron chi connectivity index (χ3n) is 8.96. The molecule has 0 spiro atoms. The highest BCUT2D eigenvalue weighted by Gasteiger charge is 2.13. The van der Waals surface area contributed by atoms with E-state index < -0.39 is 5.91 Å². The fraction of sp³-hybridized carbons (Fsp3) is 0.0889. The molecule has 350 valence electrons. The predicted octanol–water partition coefficient (Wildman–Crippen LogP) is 9.25. The van der Waals surface area contributed by atoms with Gasteiger partial charge in [-0.2, -0.15) is 0 Å². The highest BCUT2D eigenvalue weighted by atomic mass is 32.1. The van der Waals surface area contributed by atoms with E-state index in [1.807, 2.05) is 62.6 Å². The number of hydrazine groups is 1. The summed E-state index contributed by atoms with van der Waals surface area (Å²) in [5.74, 6) is 3.48. The number of nitrogen functional groups attached to an aromatic ring is 2. The van der Waals surface area contributed by atoms with Gasteiger partial charge in [0.05, 0.1) is 6.54 Å². The molecule has 0 unspecified atom stereocenters. The van der Waals surface area contributed by atoms with Gasteiger partial charge in [0.25, 0.3) is 5.91 Å². The molecule has 69 heavy (non-hydrogen) atoms. The summed E-state index contributed by atoms with van der Waals surface area (Å²) in [6.45, 7) is 5.81. The molecule has 0 aliphatic rings. The maximum atomic E-state index is 12.9. The van der Waals surface area contributed by atoms with Crippen molar-refractivity contribution in [3.8, 4) is 11.5 Å². The van der Waals surface area contributed by atoms with Crippen molar-refractivity contribution in [3.63, 3.8) is 0 Å². The zero-order chi connectivity index (χ0) is 49.0. The second kappa shape index (κ2) is 22.7. The Hall–Kier alpha value is -7.90. The fourth-order valence-electron chi connectivity index (χ4n) is 5.65. The lowest BCUT2D eigenvalue weighted by molar-refractivity contribution is 0.0952. The quantitative estimate of drug-likeness (QED) is 0.0273. The Kier molecular flexibility index (Phi) is 16.1. The number of thiazole rings is 3. The van der Waals surface area contributed by atoms with Crippen molar-refractivity contribution in [1.29, 1.82) is 0 Å². The predicted molar refractivity (Wildman–Crippen MR) is 267 cm³/mol. The Morgan fingerprint density at radius 3 is 1.64 bits per heavy atom. The zero-order valence-corrected chi connectivity index (χ0v) is 39.6. The maximum Gasteiger partial charge on any atom is 0.322 e. The molecule has 10 aromatic rings. The van der Waals surface area contributed by atoms with Crippen LogP contribution in [0.1, 0.15) is 37.8 Å². The number of rotatable bonds is 8. The molecule has 8 N–H and O–H groups in total. The van der Waals surface area contributed by atoms with E-state index in [0.717, 1.165) is 48.1 Å². The van der Waals surface area contributed by atoms with Crippen LogP contribution in [0.5, 0.6) is 0 Å². The van der Waals surface area contributed by atoms with Crippen molar-refractivity contribution >= 4 is 115 Å². The van der Waals surface area contributed by atoms with Gasteiger partial charge in [0, 0.05) is 33.8 Å². The van der Waals surface area contributed by atoms with Crippen molar-refractivity contribution in [2.24, 2.45) is 5.84 Å². The van der Waals surface area contributed by atoms with Crippen LogP contribution in [0.4, 0.5) is 34.6 Å². The number of pyridine rings is 3. The number of Topliss-reactive ketones (excluding diaryl/α,β-unsaturated/α-hetero) is 1. The van der Waals surface area contributed by atoms with Crippen LogP contribution in [0.25, 0.3) is 42.5 Å². The number of anilines is 4. The standard InChI is InChI=1S/C16H13FN4OS2.C15H10FN5OS.C7H7FN2O.C7H7N3S/c1-9-2-7-12-14(19-9)24-16(20-12)21-15(23)18-8-13(22)10-3-5-11(17)6-4-10;1-8-2-7-11-13(17-8)23-15(18-11)19-14-21-20-12(22-14)9-3-5-10(16)6-4-9;8-6-3-1-5(2-4-6)7(11)10-9;1-4-2-3-5-6(9-4)11-7(8)10-5/h2-7H,8H2,1H3,(H2,18,20,21,23);2-7H,1H3,(H,18,19,21);1-4H,9H2,(H,10,11);2-3H,1H3,(H2,8,10). The van der Waals surface area contributed by atoms with Crippen LogP contribution in [0.15, 0.2) is 114 Å². The van der Waals surface area contributed by atoms with Gasteiger partial charge in [0.2, 0.25) is 5.89 Å². The number of halogens is 3. The van der Waals surface area contributed by atoms with Crippen LogP contribution in [-0.4, -0.2) is 63.4 Å². The summed E-state index contributed by atoms with van der Waals surface area (Å²) < 4.78 is 43.6. The highest BCUT2D eigenvalue weighted by Crippen LogP contribution is 2.29. The number of amides is 1. The minimum atomic E-state index is -0.426. The lowest BCUT2D eigenvalue weighted by atomic mass is 10.1. The number of hydrogen-bond acceptors (Lipinski definition) is 18. The first kappa shape index (κ1) is 49.0. The molecule has 0 fully saturated rings. The van der Waals surface area contributed by atoms with Crippen molar-refractivity contribution in [3.05, 3.63) is 155 Å². The number of hydrogen-bond donors (Lipinski definition) is 6. The normalized spacial score (nSPS) is 10.5. The summed E-state index contributed by atoms with van der Waals surface area (Å²) >= 11 is 9.38. The Labute approximate surface area is 407 Å². The smallest absolute Gasteiger partial charge is 0.322 e. The zero-order valence-electron chi connectivity index (χ0n) is 36.3. The summed E-state index contributed by atoms with van der Waals surface area (Å²) in [4.78, 5) is 51.3. The first-order valence-corrected chi connectivity index (χ1v) is 23.0. The van der Waals surface area contributed by atoms with Crippen LogP contribution in [0, 0.1) is 38.2 Å². The number of nitrogens with one attached hydrogen (secondary N) is 4. The third kappa shape index (κ3) is 13.8. The number of aromatic nitrogens is 8. The Bertz CT molecular complexity index is 3380. The summed E-state index contributed by atoms with van der Waals surface area (Å²) in [5, 5.41) is 18.7. The number of nitrogens with zero attached hydrogens (tertiary/aromatic N) is 8. The molecule has 0 radical (unpaired) electrons. The topological polar surface area (TPSA) is 251 Å². The number of benzene rings is 3. The van der Waals surface area contributed by atoms with Gasteiger partial charge in [-0.25, -0.2) is 48.9 Å².